The summed E-state index contributed by atoms with van der Waals surface area (Å²) in [5, 5.41) is 0.651. The van der Waals surface area contributed by atoms with Crippen molar-refractivity contribution < 1.29 is 0 Å². The number of nitrogens with zero attached hydrogens (tertiary/aromatic N) is 1. The van der Waals surface area contributed by atoms with Gasteiger partial charge in [-0.2, -0.15) is 0 Å². The lowest BCUT2D eigenvalue weighted by Gasteiger charge is -2.57. The Labute approximate surface area is 95.0 Å². The smallest absolute Gasteiger partial charge is 0.0636 e. The van der Waals surface area contributed by atoms with Crippen LogP contribution in [0.5, 0.6) is 0 Å². The zero-order valence-corrected chi connectivity index (χ0v) is 9.43. The number of nitrogens with two attached hydrogens (primary N) is 1. The summed E-state index contributed by atoms with van der Waals surface area (Å²) in [4.78, 5) is 2.39. The van der Waals surface area contributed by atoms with Crippen LogP contribution in [0.3, 0.4) is 0 Å². The number of anilines is 2. The first-order chi connectivity index (χ1) is 7.19. The maximum absolute atomic E-state index is 5.90. The Bertz CT molecular complexity index is 391. The summed E-state index contributed by atoms with van der Waals surface area (Å²) >= 11 is 5.90. The predicted molar refractivity (Wildman–Crippen MR) is 64.4 cm³/mol. The lowest BCUT2D eigenvalue weighted by Crippen LogP contribution is -2.59. The summed E-state index contributed by atoms with van der Waals surface area (Å²) in [7, 11) is 0. The first kappa shape index (κ1) is 9.34. The summed E-state index contributed by atoms with van der Waals surface area (Å²) in [6.45, 7) is 2.40. The SMILES string of the molecule is Nc1cc(N2CC3(CCC3)C2)ccc1Cl. The van der Waals surface area contributed by atoms with Crippen LogP contribution < -0.4 is 10.6 Å². The highest BCUT2D eigenvalue weighted by molar-refractivity contribution is 6.33. The molecule has 0 radical (unpaired) electrons. The van der Waals surface area contributed by atoms with E-state index in [1.807, 2.05) is 12.1 Å². The van der Waals surface area contributed by atoms with Crippen molar-refractivity contribution in [3.63, 3.8) is 0 Å². The van der Waals surface area contributed by atoms with Gasteiger partial charge in [-0.1, -0.05) is 18.0 Å². The highest BCUT2D eigenvalue weighted by Gasteiger charge is 2.47. The lowest BCUT2D eigenvalue weighted by molar-refractivity contribution is 0.0904. The Morgan fingerprint density at radius 2 is 2.00 bits per heavy atom. The largest absolute Gasteiger partial charge is 0.397 e. The lowest BCUT2D eigenvalue weighted by atomic mass is 9.63. The highest BCUT2D eigenvalue weighted by Crippen LogP contribution is 2.49. The van der Waals surface area contributed by atoms with Crippen molar-refractivity contribution >= 4 is 23.0 Å². The molecule has 2 N–H and O–H groups in total. The monoisotopic (exact) mass is 222 g/mol. The van der Waals surface area contributed by atoms with Gasteiger partial charge in [-0.3, -0.25) is 0 Å². The minimum Gasteiger partial charge on any atom is -0.397 e. The van der Waals surface area contributed by atoms with Crippen LogP contribution in [0.25, 0.3) is 0 Å². The third-order valence-electron chi connectivity index (χ3n) is 3.81. The molecule has 2 aliphatic rings. The second kappa shape index (κ2) is 3.05. The molecule has 1 spiro atoms. The van der Waals surface area contributed by atoms with E-state index in [1.54, 1.807) is 0 Å². The Hall–Kier alpha value is -0.890. The molecular formula is C12H15ClN2. The van der Waals surface area contributed by atoms with Crippen LogP contribution in [-0.2, 0) is 0 Å². The number of rotatable bonds is 1. The molecule has 1 aromatic carbocycles. The van der Waals surface area contributed by atoms with Crippen LogP contribution in [0.2, 0.25) is 5.02 Å². The van der Waals surface area contributed by atoms with E-state index in [9.17, 15) is 0 Å². The van der Waals surface area contributed by atoms with Crippen molar-refractivity contribution in [2.24, 2.45) is 5.41 Å². The quantitative estimate of drug-likeness (QED) is 0.741. The van der Waals surface area contributed by atoms with Crippen molar-refractivity contribution in [3.05, 3.63) is 23.2 Å². The van der Waals surface area contributed by atoms with Gasteiger partial charge >= 0.3 is 0 Å². The molecular weight excluding hydrogens is 208 g/mol. The maximum Gasteiger partial charge on any atom is 0.0636 e. The van der Waals surface area contributed by atoms with E-state index in [1.165, 1.54) is 38.0 Å². The molecule has 1 saturated carbocycles. The normalized spacial score (nSPS) is 22.3. The molecule has 15 heavy (non-hydrogen) atoms. The molecule has 2 nitrogen and oxygen atoms in total. The molecule has 3 heteroatoms. The predicted octanol–water partition coefficient (Wildman–Crippen LogP) is 2.91. The van der Waals surface area contributed by atoms with Gasteiger partial charge in [0.1, 0.15) is 0 Å². The highest BCUT2D eigenvalue weighted by atomic mass is 35.5. The van der Waals surface area contributed by atoms with Crippen LogP contribution in [0, 0.1) is 5.41 Å². The first-order valence-corrected chi connectivity index (χ1v) is 5.86. The molecule has 1 aliphatic carbocycles. The average molecular weight is 223 g/mol. The minimum absolute atomic E-state index is 0.651. The van der Waals surface area contributed by atoms with Crippen molar-refractivity contribution in [1.29, 1.82) is 0 Å². The summed E-state index contributed by atoms with van der Waals surface area (Å²) in [6, 6.07) is 5.93. The molecule has 0 unspecified atom stereocenters. The van der Waals surface area contributed by atoms with Gasteiger partial charge in [0.25, 0.3) is 0 Å². The zero-order chi connectivity index (χ0) is 10.5. The van der Waals surface area contributed by atoms with Gasteiger partial charge in [-0.05, 0) is 31.0 Å². The fraction of sp³-hybridized carbons (Fsp3) is 0.500. The molecule has 2 fully saturated rings. The second-order valence-corrected chi connectivity index (χ2v) is 5.32. The van der Waals surface area contributed by atoms with Crippen LogP contribution >= 0.6 is 11.6 Å². The fourth-order valence-corrected chi connectivity index (χ4v) is 2.78. The number of nitrogen functional groups attached to an aromatic ring is 1. The van der Waals surface area contributed by atoms with E-state index in [-0.39, 0.29) is 0 Å². The zero-order valence-electron chi connectivity index (χ0n) is 8.67. The van der Waals surface area contributed by atoms with E-state index in [4.69, 9.17) is 17.3 Å². The van der Waals surface area contributed by atoms with E-state index in [0.29, 0.717) is 16.1 Å². The maximum atomic E-state index is 5.90. The number of halogens is 1. The van der Waals surface area contributed by atoms with Crippen LogP contribution in [-0.4, -0.2) is 13.1 Å². The molecule has 0 aromatic heterocycles. The van der Waals surface area contributed by atoms with Crippen molar-refractivity contribution in [2.75, 3.05) is 23.7 Å². The molecule has 3 rings (SSSR count). The molecule has 0 atom stereocenters. The number of benzene rings is 1. The van der Waals surface area contributed by atoms with E-state index in [0.717, 1.165) is 0 Å². The summed E-state index contributed by atoms with van der Waals surface area (Å²) < 4.78 is 0. The van der Waals surface area contributed by atoms with Crippen molar-refractivity contribution in [1.82, 2.24) is 0 Å². The average Bonchev–Trinajstić information content (AvgIpc) is 2.06. The third-order valence-corrected chi connectivity index (χ3v) is 4.16. The van der Waals surface area contributed by atoms with Crippen LogP contribution in [0.15, 0.2) is 18.2 Å². The molecule has 1 aromatic rings. The van der Waals surface area contributed by atoms with Gasteiger partial charge < -0.3 is 10.6 Å². The molecule has 1 heterocycles. The van der Waals surface area contributed by atoms with Crippen molar-refractivity contribution in [3.8, 4) is 0 Å². The van der Waals surface area contributed by atoms with Crippen molar-refractivity contribution in [2.45, 2.75) is 19.3 Å². The first-order valence-electron chi connectivity index (χ1n) is 5.49. The van der Waals surface area contributed by atoms with Gasteiger partial charge in [-0.25, -0.2) is 0 Å². The Kier molecular flexibility index (Phi) is 1.90. The van der Waals surface area contributed by atoms with Crippen LogP contribution in [0.1, 0.15) is 19.3 Å². The molecule has 0 bridgehead atoms. The fourth-order valence-electron chi connectivity index (χ4n) is 2.67. The minimum atomic E-state index is 0.651. The molecule has 80 valence electrons. The Morgan fingerprint density at radius 3 is 2.53 bits per heavy atom. The van der Waals surface area contributed by atoms with Gasteiger partial charge in [0.2, 0.25) is 0 Å². The van der Waals surface area contributed by atoms with E-state index >= 15 is 0 Å². The Balaban J connectivity index is 1.75. The summed E-state index contributed by atoms with van der Waals surface area (Å²) in [6.07, 6.45) is 4.23. The van der Waals surface area contributed by atoms with Gasteiger partial charge in [0, 0.05) is 24.2 Å². The summed E-state index contributed by atoms with van der Waals surface area (Å²) in [5.41, 5.74) is 8.35. The molecule has 0 amide bonds. The summed E-state index contributed by atoms with van der Waals surface area (Å²) in [5.74, 6) is 0. The molecule has 1 aliphatic heterocycles. The standard InChI is InChI=1S/C12H15ClN2/c13-10-3-2-9(6-11(10)14)15-7-12(8-15)4-1-5-12/h2-3,6H,1,4-5,7-8,14H2. The number of hydrogen-bond donors (Lipinski definition) is 1. The topological polar surface area (TPSA) is 29.3 Å². The third kappa shape index (κ3) is 1.39. The van der Waals surface area contributed by atoms with Crippen LogP contribution in [0.4, 0.5) is 11.4 Å². The van der Waals surface area contributed by atoms with E-state index < -0.39 is 0 Å². The van der Waals surface area contributed by atoms with Gasteiger partial charge in [0.15, 0.2) is 0 Å². The van der Waals surface area contributed by atoms with Gasteiger partial charge in [-0.15, -0.1) is 0 Å². The van der Waals surface area contributed by atoms with E-state index in [2.05, 4.69) is 11.0 Å². The van der Waals surface area contributed by atoms with Gasteiger partial charge in [0.05, 0.1) is 10.7 Å². The number of hydrogen-bond acceptors (Lipinski definition) is 2. The second-order valence-electron chi connectivity index (χ2n) is 4.92. The molecule has 1 saturated heterocycles. The Morgan fingerprint density at radius 1 is 1.27 bits per heavy atom.